The lowest BCUT2D eigenvalue weighted by Crippen LogP contribution is -2.59. The maximum atomic E-state index is 12.5. The van der Waals surface area contributed by atoms with Crippen molar-refractivity contribution in [2.75, 3.05) is 25.2 Å². The van der Waals surface area contributed by atoms with E-state index in [4.69, 9.17) is 5.11 Å². The van der Waals surface area contributed by atoms with Crippen LogP contribution in [0.2, 0.25) is 0 Å². The first-order valence-corrected chi connectivity index (χ1v) is 10.8. The molecule has 0 saturated carbocycles. The normalized spacial score (nSPS) is 20.2. The molecule has 29 heavy (non-hydrogen) atoms. The molecule has 0 aromatic rings. The minimum Gasteiger partial charge on any atom is -0.480 e. The third-order valence-corrected chi connectivity index (χ3v) is 5.13. The van der Waals surface area contributed by atoms with Gasteiger partial charge in [-0.1, -0.05) is 0 Å². The highest BCUT2D eigenvalue weighted by molar-refractivity contribution is 7.98. The maximum Gasteiger partial charge on any atom is 0.328 e. The van der Waals surface area contributed by atoms with Crippen LogP contribution in [0.25, 0.3) is 0 Å². The fraction of sp³-hybridized carbons (Fsp3) is 0.765. The van der Waals surface area contributed by atoms with E-state index < -0.39 is 60.6 Å². The average Bonchev–Trinajstić information content (AvgIpc) is 3.21. The minimum absolute atomic E-state index is 0.196. The molecule has 0 aliphatic carbocycles. The van der Waals surface area contributed by atoms with Gasteiger partial charge in [0.2, 0.25) is 17.7 Å². The van der Waals surface area contributed by atoms with Crippen LogP contribution in [0.4, 0.5) is 0 Å². The second-order valence-electron chi connectivity index (χ2n) is 6.80. The zero-order valence-electron chi connectivity index (χ0n) is 16.5. The largest absolute Gasteiger partial charge is 0.480 e. The zero-order chi connectivity index (χ0) is 22.0. The highest BCUT2D eigenvalue weighted by Gasteiger charge is 2.32. The molecular weight excluding hydrogens is 404 g/mol. The molecule has 1 fully saturated rings. The lowest BCUT2D eigenvalue weighted by Gasteiger charge is -2.25. The van der Waals surface area contributed by atoms with E-state index in [1.54, 1.807) is 6.26 Å². The summed E-state index contributed by atoms with van der Waals surface area (Å²) in [5.41, 5.74) is 0. The molecule has 3 amide bonds. The summed E-state index contributed by atoms with van der Waals surface area (Å²) in [6, 6.07) is -4.31. The predicted octanol–water partition coefficient (Wildman–Crippen LogP) is -2.60. The molecular formula is C17H30N4O7S. The number of carboxylic acid groups (broad SMARTS) is 1. The van der Waals surface area contributed by atoms with Crippen molar-refractivity contribution in [3.05, 3.63) is 0 Å². The number of rotatable bonds is 12. The van der Waals surface area contributed by atoms with Gasteiger partial charge in [-0.3, -0.25) is 14.4 Å². The fourth-order valence-corrected chi connectivity index (χ4v) is 3.27. The van der Waals surface area contributed by atoms with E-state index in [1.807, 2.05) is 0 Å². The molecule has 0 bridgehead atoms. The molecule has 0 aromatic carbocycles. The number of carbonyl (C=O) groups excluding carboxylic acids is 3. The Balaban J connectivity index is 2.77. The highest BCUT2D eigenvalue weighted by atomic mass is 32.2. The van der Waals surface area contributed by atoms with E-state index in [-0.39, 0.29) is 6.42 Å². The van der Waals surface area contributed by atoms with Crippen LogP contribution in [0, 0.1) is 0 Å². The van der Waals surface area contributed by atoms with Crippen LogP contribution < -0.4 is 21.3 Å². The molecule has 0 radical (unpaired) electrons. The number of amides is 3. The minimum atomic E-state index is -1.53. The summed E-state index contributed by atoms with van der Waals surface area (Å²) in [4.78, 5) is 48.3. The number of aliphatic hydroxyl groups excluding tert-OH is 2. The van der Waals surface area contributed by atoms with Gasteiger partial charge in [0.1, 0.15) is 12.1 Å². The Kier molecular flexibility index (Phi) is 10.9. The van der Waals surface area contributed by atoms with Crippen LogP contribution >= 0.6 is 11.8 Å². The molecule has 1 rings (SSSR count). The van der Waals surface area contributed by atoms with Crippen molar-refractivity contribution in [1.29, 1.82) is 0 Å². The lowest BCUT2D eigenvalue weighted by atomic mass is 10.1. The second-order valence-corrected chi connectivity index (χ2v) is 7.79. The Hall–Kier alpha value is -1.89. The Morgan fingerprint density at radius 3 is 2.28 bits per heavy atom. The van der Waals surface area contributed by atoms with E-state index in [0.717, 1.165) is 6.42 Å². The molecule has 11 nitrogen and oxygen atoms in total. The summed E-state index contributed by atoms with van der Waals surface area (Å²) in [7, 11) is 0. The highest BCUT2D eigenvalue weighted by Crippen LogP contribution is 2.06. The van der Waals surface area contributed by atoms with Gasteiger partial charge in [-0.05, 0) is 44.7 Å². The van der Waals surface area contributed by atoms with Gasteiger partial charge < -0.3 is 36.6 Å². The van der Waals surface area contributed by atoms with E-state index in [9.17, 15) is 29.4 Å². The molecule has 1 heterocycles. The van der Waals surface area contributed by atoms with Gasteiger partial charge >= 0.3 is 5.97 Å². The van der Waals surface area contributed by atoms with Crippen LogP contribution in [-0.2, 0) is 19.2 Å². The number of hydrogen-bond donors (Lipinski definition) is 7. The second kappa shape index (κ2) is 12.6. The van der Waals surface area contributed by atoms with Gasteiger partial charge in [0.05, 0.1) is 18.8 Å². The fourth-order valence-electron chi connectivity index (χ4n) is 2.79. The van der Waals surface area contributed by atoms with Crippen LogP contribution in [0.15, 0.2) is 0 Å². The molecule has 0 aromatic heterocycles. The van der Waals surface area contributed by atoms with Gasteiger partial charge in [0.15, 0.2) is 6.04 Å². The van der Waals surface area contributed by atoms with Crippen molar-refractivity contribution >= 4 is 35.5 Å². The van der Waals surface area contributed by atoms with E-state index in [2.05, 4.69) is 21.3 Å². The first kappa shape index (κ1) is 25.1. The van der Waals surface area contributed by atoms with Crippen molar-refractivity contribution in [3.8, 4) is 0 Å². The molecule has 0 spiro atoms. The Morgan fingerprint density at radius 1 is 1.14 bits per heavy atom. The number of carbonyl (C=O) groups is 4. The maximum absolute atomic E-state index is 12.5. The summed E-state index contributed by atoms with van der Waals surface area (Å²) in [5, 5.41) is 38.2. The molecule has 5 atom stereocenters. The number of nitrogens with one attached hydrogen (secondary N) is 4. The summed E-state index contributed by atoms with van der Waals surface area (Å²) in [5.74, 6) is -2.87. The van der Waals surface area contributed by atoms with Crippen molar-refractivity contribution in [1.82, 2.24) is 21.3 Å². The van der Waals surface area contributed by atoms with Crippen molar-refractivity contribution < 1.29 is 34.5 Å². The first-order chi connectivity index (χ1) is 13.7. The van der Waals surface area contributed by atoms with Crippen LogP contribution in [0.5, 0.6) is 0 Å². The van der Waals surface area contributed by atoms with Gasteiger partial charge in [-0.15, -0.1) is 0 Å². The SMILES string of the molecule is CSCCC(NC(=O)C(CO)NC(=O)C1CCCN1)C(=O)NC(C(=O)O)C(C)O. The number of carboxylic acids is 1. The standard InChI is InChI=1S/C17H30N4O7S/c1-9(23)13(17(27)28)21-15(25)11(5-7-29-2)19-16(26)12(8-22)20-14(24)10-4-3-6-18-10/h9-13,18,22-23H,3-8H2,1-2H3,(H,19,26)(H,20,24)(H,21,25)(H,27,28). The van der Waals surface area contributed by atoms with E-state index in [1.165, 1.54) is 18.7 Å². The van der Waals surface area contributed by atoms with E-state index >= 15 is 0 Å². The third-order valence-electron chi connectivity index (χ3n) is 4.48. The average molecular weight is 435 g/mol. The quantitative estimate of drug-likeness (QED) is 0.174. The van der Waals surface area contributed by atoms with Crippen molar-refractivity contribution in [2.24, 2.45) is 0 Å². The number of hydrogen-bond acceptors (Lipinski definition) is 8. The first-order valence-electron chi connectivity index (χ1n) is 9.36. The Morgan fingerprint density at radius 2 is 1.79 bits per heavy atom. The van der Waals surface area contributed by atoms with Gasteiger partial charge in [0, 0.05) is 0 Å². The number of aliphatic carboxylic acids is 1. The predicted molar refractivity (Wildman–Crippen MR) is 106 cm³/mol. The smallest absolute Gasteiger partial charge is 0.328 e. The summed E-state index contributed by atoms with van der Waals surface area (Å²) >= 11 is 1.42. The summed E-state index contributed by atoms with van der Waals surface area (Å²) in [6.45, 7) is 1.26. The summed E-state index contributed by atoms with van der Waals surface area (Å²) in [6.07, 6.45) is 2.12. The molecule has 1 saturated heterocycles. The third kappa shape index (κ3) is 8.17. The topological polar surface area (TPSA) is 177 Å². The van der Waals surface area contributed by atoms with Gasteiger partial charge in [0.25, 0.3) is 0 Å². The van der Waals surface area contributed by atoms with Crippen LogP contribution in [-0.4, -0.2) is 94.4 Å². The van der Waals surface area contributed by atoms with Crippen LogP contribution in [0.1, 0.15) is 26.2 Å². The number of aliphatic hydroxyl groups is 2. The summed E-state index contributed by atoms with van der Waals surface area (Å²) < 4.78 is 0. The van der Waals surface area contributed by atoms with Gasteiger partial charge in [-0.2, -0.15) is 11.8 Å². The molecule has 12 heteroatoms. The molecule has 7 N–H and O–H groups in total. The van der Waals surface area contributed by atoms with E-state index in [0.29, 0.717) is 18.7 Å². The van der Waals surface area contributed by atoms with Gasteiger partial charge in [-0.25, -0.2) is 4.79 Å². The Bertz CT molecular complexity index is 584. The lowest BCUT2D eigenvalue weighted by molar-refractivity contribution is -0.145. The molecule has 1 aliphatic heterocycles. The van der Waals surface area contributed by atoms with Crippen molar-refractivity contribution in [3.63, 3.8) is 0 Å². The molecule has 166 valence electrons. The zero-order valence-corrected chi connectivity index (χ0v) is 17.3. The molecule has 1 aliphatic rings. The molecule has 5 unspecified atom stereocenters. The monoisotopic (exact) mass is 434 g/mol. The Labute approximate surface area is 173 Å². The van der Waals surface area contributed by atoms with Crippen LogP contribution in [0.3, 0.4) is 0 Å². The van der Waals surface area contributed by atoms with Crippen molar-refractivity contribution in [2.45, 2.75) is 56.5 Å². The number of thioether (sulfide) groups is 1.